The second-order valence-electron chi connectivity index (χ2n) is 7.09. The molecular formula is C24H26N2O4. The Labute approximate surface area is 176 Å². The molecule has 1 aromatic heterocycles. The number of hydrogen-bond acceptors (Lipinski definition) is 5. The lowest BCUT2D eigenvalue weighted by atomic mass is 10.1. The molecule has 0 aliphatic rings. The van der Waals surface area contributed by atoms with E-state index in [4.69, 9.17) is 14.2 Å². The number of aromatic nitrogens is 1. The maximum Gasteiger partial charge on any atom is 0.257 e. The van der Waals surface area contributed by atoms with Crippen LogP contribution in [0.2, 0.25) is 0 Å². The van der Waals surface area contributed by atoms with Crippen molar-refractivity contribution in [2.45, 2.75) is 33.5 Å². The number of nitrogens with one attached hydrogen (secondary N) is 1. The largest absolute Gasteiger partial charge is 0.491 e. The molecule has 0 unspecified atom stereocenters. The van der Waals surface area contributed by atoms with E-state index in [9.17, 15) is 4.79 Å². The first kappa shape index (κ1) is 21.3. The number of benzene rings is 2. The van der Waals surface area contributed by atoms with Crippen molar-refractivity contribution in [1.29, 1.82) is 0 Å². The predicted molar refractivity (Wildman–Crippen MR) is 116 cm³/mol. The Kier molecular flexibility index (Phi) is 7.03. The summed E-state index contributed by atoms with van der Waals surface area (Å²) in [6, 6.07) is 18.2. The van der Waals surface area contributed by atoms with Crippen molar-refractivity contribution in [1.82, 2.24) is 4.98 Å². The third-order valence-electron chi connectivity index (χ3n) is 4.22. The number of carbonyl (C=O) groups excluding carboxylic acids is 1. The van der Waals surface area contributed by atoms with E-state index < -0.39 is 0 Å². The Morgan fingerprint density at radius 3 is 2.10 bits per heavy atom. The number of amides is 1. The van der Waals surface area contributed by atoms with E-state index in [1.165, 1.54) is 0 Å². The number of methoxy groups -OCH3 is 1. The van der Waals surface area contributed by atoms with Crippen LogP contribution in [-0.4, -0.2) is 24.1 Å². The minimum atomic E-state index is -0.210. The Balaban J connectivity index is 1.61. The van der Waals surface area contributed by atoms with Crippen LogP contribution < -0.4 is 14.8 Å². The Bertz CT molecular complexity index is 983. The Hall–Kier alpha value is -3.38. The van der Waals surface area contributed by atoms with Gasteiger partial charge in [0.2, 0.25) is 0 Å². The van der Waals surface area contributed by atoms with Crippen molar-refractivity contribution >= 4 is 11.6 Å². The monoisotopic (exact) mass is 406 g/mol. The van der Waals surface area contributed by atoms with E-state index in [0.717, 1.165) is 11.4 Å². The summed E-state index contributed by atoms with van der Waals surface area (Å²) in [5.41, 5.74) is 2.65. The van der Waals surface area contributed by atoms with Gasteiger partial charge in [-0.05, 0) is 81.4 Å². The van der Waals surface area contributed by atoms with Gasteiger partial charge in [-0.25, -0.2) is 0 Å². The van der Waals surface area contributed by atoms with Crippen molar-refractivity contribution in [3.05, 3.63) is 77.6 Å². The first-order chi connectivity index (χ1) is 14.4. The van der Waals surface area contributed by atoms with Crippen LogP contribution in [-0.2, 0) is 11.3 Å². The number of hydrogen-bond donors (Lipinski definition) is 1. The molecule has 0 fully saturated rings. The van der Waals surface area contributed by atoms with Crippen LogP contribution in [0.25, 0.3) is 0 Å². The van der Waals surface area contributed by atoms with Crippen molar-refractivity contribution in [3.63, 3.8) is 0 Å². The van der Waals surface area contributed by atoms with Gasteiger partial charge in [0.1, 0.15) is 17.2 Å². The summed E-state index contributed by atoms with van der Waals surface area (Å²) in [4.78, 5) is 17.0. The highest BCUT2D eigenvalue weighted by molar-refractivity contribution is 6.05. The van der Waals surface area contributed by atoms with Crippen LogP contribution in [0.15, 0.2) is 60.7 Å². The molecule has 30 heavy (non-hydrogen) atoms. The number of pyridine rings is 1. The number of aryl methyl sites for hydroxylation is 1. The lowest BCUT2D eigenvalue weighted by Gasteiger charge is -2.11. The molecule has 0 atom stereocenters. The molecule has 156 valence electrons. The van der Waals surface area contributed by atoms with Crippen LogP contribution in [0.5, 0.6) is 17.2 Å². The summed E-state index contributed by atoms with van der Waals surface area (Å²) in [5.74, 6) is 1.97. The minimum Gasteiger partial charge on any atom is -0.491 e. The lowest BCUT2D eigenvalue weighted by molar-refractivity contribution is 0.102. The molecule has 0 bridgehead atoms. The number of rotatable bonds is 8. The normalized spacial score (nSPS) is 10.7. The highest BCUT2D eigenvalue weighted by Gasteiger charge is 2.11. The van der Waals surface area contributed by atoms with Crippen molar-refractivity contribution in [2.75, 3.05) is 12.4 Å². The third kappa shape index (κ3) is 5.81. The molecule has 1 heterocycles. The molecule has 3 rings (SSSR count). The zero-order chi connectivity index (χ0) is 21.5. The van der Waals surface area contributed by atoms with Gasteiger partial charge in [-0.3, -0.25) is 9.78 Å². The SMILES string of the molecule is COCc1ccc(C(=O)Nc2ccc(Oc3ccc(OC(C)C)cc3)cc2)c(C)n1. The van der Waals surface area contributed by atoms with E-state index in [1.54, 1.807) is 43.5 Å². The average Bonchev–Trinajstić information content (AvgIpc) is 2.71. The summed E-state index contributed by atoms with van der Waals surface area (Å²) >= 11 is 0. The fourth-order valence-corrected chi connectivity index (χ4v) is 2.88. The summed E-state index contributed by atoms with van der Waals surface area (Å²) in [7, 11) is 1.61. The second-order valence-corrected chi connectivity index (χ2v) is 7.09. The van der Waals surface area contributed by atoms with Gasteiger partial charge < -0.3 is 19.5 Å². The fraction of sp³-hybridized carbons (Fsp3) is 0.250. The van der Waals surface area contributed by atoms with Gasteiger partial charge in [0.05, 0.1) is 29.7 Å². The van der Waals surface area contributed by atoms with E-state index in [1.807, 2.05) is 45.0 Å². The standard InChI is InChI=1S/C24H26N2O4/c1-16(2)29-20-10-12-22(13-11-20)30-21-8-5-18(6-9-21)26-24(27)23-14-7-19(15-28-4)25-17(23)3/h5-14,16H,15H2,1-4H3,(H,26,27). The van der Waals surface area contributed by atoms with Gasteiger partial charge in [-0.2, -0.15) is 0 Å². The molecule has 1 N–H and O–H groups in total. The maximum absolute atomic E-state index is 12.6. The summed E-state index contributed by atoms with van der Waals surface area (Å²) in [6.45, 7) is 6.19. The van der Waals surface area contributed by atoms with Gasteiger partial charge in [0.15, 0.2) is 0 Å². The zero-order valence-electron chi connectivity index (χ0n) is 17.6. The van der Waals surface area contributed by atoms with Crippen LogP contribution in [0, 0.1) is 6.92 Å². The molecule has 2 aromatic carbocycles. The number of anilines is 1. The Morgan fingerprint density at radius 2 is 1.53 bits per heavy atom. The molecule has 1 amide bonds. The van der Waals surface area contributed by atoms with Gasteiger partial charge in [0, 0.05) is 12.8 Å². The smallest absolute Gasteiger partial charge is 0.257 e. The molecule has 0 spiro atoms. The molecule has 6 heteroatoms. The molecule has 0 saturated carbocycles. The van der Waals surface area contributed by atoms with Crippen molar-refractivity contribution in [2.24, 2.45) is 0 Å². The molecule has 3 aromatic rings. The van der Waals surface area contributed by atoms with Gasteiger partial charge in [-0.1, -0.05) is 0 Å². The number of carbonyl (C=O) groups is 1. The van der Waals surface area contributed by atoms with E-state index in [-0.39, 0.29) is 12.0 Å². The summed E-state index contributed by atoms with van der Waals surface area (Å²) < 4.78 is 16.5. The topological polar surface area (TPSA) is 69.7 Å². The molecule has 0 aliphatic carbocycles. The van der Waals surface area contributed by atoms with E-state index >= 15 is 0 Å². The molecule has 0 saturated heterocycles. The minimum absolute atomic E-state index is 0.127. The summed E-state index contributed by atoms with van der Waals surface area (Å²) in [5, 5.41) is 2.88. The average molecular weight is 406 g/mol. The third-order valence-corrected chi connectivity index (χ3v) is 4.22. The first-order valence-corrected chi connectivity index (χ1v) is 9.76. The van der Waals surface area contributed by atoms with E-state index in [0.29, 0.717) is 35.1 Å². The van der Waals surface area contributed by atoms with E-state index in [2.05, 4.69) is 10.3 Å². The fourth-order valence-electron chi connectivity index (χ4n) is 2.88. The number of ether oxygens (including phenoxy) is 3. The first-order valence-electron chi connectivity index (χ1n) is 9.76. The van der Waals surface area contributed by atoms with Crippen LogP contribution >= 0.6 is 0 Å². The number of nitrogens with zero attached hydrogens (tertiary/aromatic N) is 1. The Morgan fingerprint density at radius 1 is 0.933 bits per heavy atom. The maximum atomic E-state index is 12.6. The van der Waals surface area contributed by atoms with Crippen LogP contribution in [0.1, 0.15) is 35.6 Å². The van der Waals surface area contributed by atoms with Crippen LogP contribution in [0.4, 0.5) is 5.69 Å². The van der Waals surface area contributed by atoms with Gasteiger partial charge in [-0.15, -0.1) is 0 Å². The highest BCUT2D eigenvalue weighted by Crippen LogP contribution is 2.25. The van der Waals surface area contributed by atoms with Crippen molar-refractivity contribution < 1.29 is 19.0 Å². The highest BCUT2D eigenvalue weighted by atomic mass is 16.5. The van der Waals surface area contributed by atoms with Gasteiger partial charge >= 0.3 is 0 Å². The molecular weight excluding hydrogens is 380 g/mol. The van der Waals surface area contributed by atoms with Gasteiger partial charge in [0.25, 0.3) is 5.91 Å². The second kappa shape index (κ2) is 9.89. The molecule has 6 nitrogen and oxygen atoms in total. The summed E-state index contributed by atoms with van der Waals surface area (Å²) in [6.07, 6.45) is 0.127. The molecule has 0 radical (unpaired) electrons. The predicted octanol–water partition coefficient (Wildman–Crippen LogP) is 5.37. The quantitative estimate of drug-likeness (QED) is 0.545. The van der Waals surface area contributed by atoms with Crippen molar-refractivity contribution in [3.8, 4) is 17.2 Å². The molecule has 0 aliphatic heterocycles. The lowest BCUT2D eigenvalue weighted by Crippen LogP contribution is -2.14. The zero-order valence-corrected chi connectivity index (χ0v) is 17.6. The van der Waals surface area contributed by atoms with Crippen LogP contribution in [0.3, 0.4) is 0 Å².